The number of aromatic nitrogens is 1. The molecule has 0 atom stereocenters. The zero-order valence-electron chi connectivity index (χ0n) is 5.24. The maximum absolute atomic E-state index is 5.37. The van der Waals surface area contributed by atoms with Crippen LogP contribution in [-0.4, -0.2) is 9.97 Å². The van der Waals surface area contributed by atoms with Crippen LogP contribution in [0.15, 0.2) is 18.2 Å². The molecule has 0 aliphatic rings. The smallest absolute Gasteiger partial charge is 0.124 e. The number of hydrogen-bond acceptors (Lipinski definition) is 3. The standard InChI is InChI=1S/C6H7N3S/c7-5-3-1-2-4(9-5)6(8)10/h1-3H,(H2,7,9)(H2,8,10). The molecule has 10 heavy (non-hydrogen) atoms. The van der Waals surface area contributed by atoms with E-state index in [1.54, 1.807) is 18.2 Å². The van der Waals surface area contributed by atoms with Gasteiger partial charge in [0.1, 0.15) is 10.8 Å². The minimum atomic E-state index is 0.271. The van der Waals surface area contributed by atoms with Gasteiger partial charge in [-0.2, -0.15) is 0 Å². The molecule has 4 N–H and O–H groups in total. The molecule has 1 aromatic heterocycles. The SMILES string of the molecule is NC(=S)c1cccc(N)n1. The average molecular weight is 153 g/mol. The van der Waals surface area contributed by atoms with Gasteiger partial charge in [0.2, 0.25) is 0 Å². The number of rotatable bonds is 1. The van der Waals surface area contributed by atoms with Gasteiger partial charge in [-0.25, -0.2) is 4.98 Å². The summed E-state index contributed by atoms with van der Waals surface area (Å²) < 4.78 is 0. The molecule has 0 spiro atoms. The molecule has 0 amide bonds. The van der Waals surface area contributed by atoms with Crippen LogP contribution in [-0.2, 0) is 0 Å². The van der Waals surface area contributed by atoms with E-state index in [2.05, 4.69) is 17.2 Å². The molecule has 3 nitrogen and oxygen atoms in total. The Morgan fingerprint density at radius 1 is 1.50 bits per heavy atom. The quantitative estimate of drug-likeness (QED) is 0.569. The van der Waals surface area contributed by atoms with Crippen molar-refractivity contribution in [2.24, 2.45) is 5.73 Å². The summed E-state index contributed by atoms with van der Waals surface area (Å²) in [6, 6.07) is 5.16. The summed E-state index contributed by atoms with van der Waals surface area (Å²) in [7, 11) is 0. The zero-order valence-corrected chi connectivity index (χ0v) is 6.06. The molecular formula is C6H7N3S. The van der Waals surface area contributed by atoms with Gasteiger partial charge in [-0.1, -0.05) is 18.3 Å². The van der Waals surface area contributed by atoms with Gasteiger partial charge in [-0.05, 0) is 12.1 Å². The summed E-state index contributed by atoms with van der Waals surface area (Å²) in [4.78, 5) is 4.15. The Bertz CT molecular complexity index is 259. The third-order valence-electron chi connectivity index (χ3n) is 1.02. The fraction of sp³-hybridized carbons (Fsp3) is 0. The molecule has 0 radical (unpaired) electrons. The lowest BCUT2D eigenvalue weighted by atomic mass is 10.3. The lowest BCUT2D eigenvalue weighted by Crippen LogP contribution is -2.11. The van der Waals surface area contributed by atoms with E-state index in [1.807, 2.05) is 0 Å². The molecule has 0 bridgehead atoms. The monoisotopic (exact) mass is 153 g/mol. The van der Waals surface area contributed by atoms with Crippen molar-refractivity contribution in [3.8, 4) is 0 Å². The van der Waals surface area contributed by atoms with Gasteiger partial charge in [-0.3, -0.25) is 0 Å². The van der Waals surface area contributed by atoms with E-state index in [9.17, 15) is 0 Å². The Kier molecular flexibility index (Phi) is 1.82. The van der Waals surface area contributed by atoms with Crippen molar-refractivity contribution >= 4 is 23.0 Å². The van der Waals surface area contributed by atoms with Gasteiger partial charge in [0.25, 0.3) is 0 Å². The molecule has 0 saturated heterocycles. The van der Waals surface area contributed by atoms with Crippen LogP contribution in [0.1, 0.15) is 5.69 Å². The Balaban J connectivity index is 3.07. The minimum Gasteiger partial charge on any atom is -0.388 e. The summed E-state index contributed by atoms with van der Waals surface area (Å²) in [5.74, 6) is 0.435. The van der Waals surface area contributed by atoms with Crippen molar-refractivity contribution in [3.05, 3.63) is 23.9 Å². The Hall–Kier alpha value is -1.16. The Labute approximate surface area is 64.1 Å². The van der Waals surface area contributed by atoms with Crippen molar-refractivity contribution in [2.45, 2.75) is 0 Å². The van der Waals surface area contributed by atoms with Gasteiger partial charge in [0.15, 0.2) is 0 Å². The van der Waals surface area contributed by atoms with Crippen molar-refractivity contribution in [1.29, 1.82) is 0 Å². The van der Waals surface area contributed by atoms with Crippen LogP contribution in [0.4, 0.5) is 5.82 Å². The predicted molar refractivity (Wildman–Crippen MR) is 44.5 cm³/mol. The van der Waals surface area contributed by atoms with Crippen molar-refractivity contribution in [1.82, 2.24) is 4.98 Å². The van der Waals surface area contributed by atoms with Gasteiger partial charge in [-0.15, -0.1) is 0 Å². The van der Waals surface area contributed by atoms with E-state index < -0.39 is 0 Å². The van der Waals surface area contributed by atoms with Crippen LogP contribution < -0.4 is 11.5 Å². The molecule has 1 heterocycles. The summed E-state index contributed by atoms with van der Waals surface area (Å²) >= 11 is 4.68. The second-order valence-electron chi connectivity index (χ2n) is 1.81. The van der Waals surface area contributed by atoms with Crippen molar-refractivity contribution in [2.75, 3.05) is 5.73 Å². The molecule has 0 aliphatic carbocycles. The number of nitrogens with two attached hydrogens (primary N) is 2. The van der Waals surface area contributed by atoms with Crippen molar-refractivity contribution < 1.29 is 0 Å². The summed E-state index contributed by atoms with van der Waals surface area (Å²) in [6.07, 6.45) is 0. The van der Waals surface area contributed by atoms with E-state index in [-0.39, 0.29) is 4.99 Å². The van der Waals surface area contributed by atoms with Crippen LogP contribution in [0.25, 0.3) is 0 Å². The largest absolute Gasteiger partial charge is 0.388 e. The molecule has 52 valence electrons. The first-order valence-corrected chi connectivity index (χ1v) is 3.13. The second kappa shape index (κ2) is 2.62. The second-order valence-corrected chi connectivity index (χ2v) is 2.25. The van der Waals surface area contributed by atoms with E-state index >= 15 is 0 Å². The Morgan fingerprint density at radius 2 is 2.20 bits per heavy atom. The third kappa shape index (κ3) is 1.41. The van der Waals surface area contributed by atoms with Crippen LogP contribution in [0.5, 0.6) is 0 Å². The number of hydrogen-bond donors (Lipinski definition) is 2. The highest BCUT2D eigenvalue weighted by Gasteiger charge is 1.95. The number of pyridine rings is 1. The lowest BCUT2D eigenvalue weighted by Gasteiger charge is -1.96. The van der Waals surface area contributed by atoms with E-state index in [4.69, 9.17) is 11.5 Å². The normalized spacial score (nSPS) is 9.20. The van der Waals surface area contributed by atoms with Crippen LogP contribution >= 0.6 is 12.2 Å². The first kappa shape index (κ1) is 6.95. The molecule has 4 heteroatoms. The minimum absolute atomic E-state index is 0.271. The van der Waals surface area contributed by atoms with E-state index in [0.717, 1.165) is 0 Å². The molecule has 0 fully saturated rings. The van der Waals surface area contributed by atoms with Gasteiger partial charge >= 0.3 is 0 Å². The summed E-state index contributed by atoms with van der Waals surface area (Å²) in [5.41, 5.74) is 11.2. The van der Waals surface area contributed by atoms with Gasteiger partial charge in [0, 0.05) is 0 Å². The number of anilines is 1. The van der Waals surface area contributed by atoms with Gasteiger partial charge < -0.3 is 11.5 Å². The zero-order chi connectivity index (χ0) is 7.56. The average Bonchev–Trinajstić information content (AvgIpc) is 1.88. The van der Waals surface area contributed by atoms with Crippen molar-refractivity contribution in [3.63, 3.8) is 0 Å². The number of nitrogen functional groups attached to an aromatic ring is 1. The molecule has 1 aromatic rings. The summed E-state index contributed by atoms with van der Waals surface area (Å²) in [5, 5.41) is 0. The topological polar surface area (TPSA) is 64.9 Å². The maximum Gasteiger partial charge on any atom is 0.124 e. The highest BCUT2D eigenvalue weighted by atomic mass is 32.1. The van der Waals surface area contributed by atoms with E-state index in [1.165, 1.54) is 0 Å². The third-order valence-corrected chi connectivity index (χ3v) is 1.23. The molecule has 0 saturated carbocycles. The highest BCUT2D eigenvalue weighted by molar-refractivity contribution is 7.80. The fourth-order valence-electron chi connectivity index (χ4n) is 0.589. The fourth-order valence-corrected chi connectivity index (χ4v) is 0.702. The first-order valence-electron chi connectivity index (χ1n) is 2.72. The first-order chi connectivity index (χ1) is 4.70. The van der Waals surface area contributed by atoms with Crippen LogP contribution in [0, 0.1) is 0 Å². The van der Waals surface area contributed by atoms with E-state index in [0.29, 0.717) is 11.5 Å². The molecule has 0 aliphatic heterocycles. The maximum atomic E-state index is 5.37. The predicted octanol–water partition coefficient (Wildman–Crippen LogP) is 0.298. The number of nitrogens with zero attached hydrogens (tertiary/aromatic N) is 1. The van der Waals surface area contributed by atoms with Crippen LogP contribution in [0.2, 0.25) is 0 Å². The molecule has 0 unspecified atom stereocenters. The molecular weight excluding hydrogens is 146 g/mol. The highest BCUT2D eigenvalue weighted by Crippen LogP contribution is 1.98. The number of thiocarbonyl (C=S) groups is 1. The molecule has 1 rings (SSSR count). The van der Waals surface area contributed by atoms with Crippen LogP contribution in [0.3, 0.4) is 0 Å². The Morgan fingerprint density at radius 3 is 2.60 bits per heavy atom. The van der Waals surface area contributed by atoms with Gasteiger partial charge in [0.05, 0.1) is 5.69 Å². The summed E-state index contributed by atoms with van der Waals surface area (Å²) in [6.45, 7) is 0. The lowest BCUT2D eigenvalue weighted by molar-refractivity contribution is 1.30. The molecule has 0 aromatic carbocycles.